The van der Waals surface area contributed by atoms with Crippen molar-refractivity contribution in [3.63, 3.8) is 0 Å². The third kappa shape index (κ3) is 29.2. The van der Waals surface area contributed by atoms with E-state index in [1.807, 2.05) is 0 Å². The van der Waals surface area contributed by atoms with Crippen molar-refractivity contribution in [2.75, 3.05) is 6.61 Å². The largest absolute Gasteiger partial charge is 0.394 e. The van der Waals surface area contributed by atoms with Gasteiger partial charge in [0.25, 0.3) is 0 Å². The van der Waals surface area contributed by atoms with Crippen molar-refractivity contribution in [1.82, 2.24) is 5.32 Å². The van der Waals surface area contributed by atoms with Crippen molar-refractivity contribution in [3.8, 4) is 0 Å². The Morgan fingerprint density at radius 2 is 0.797 bits per heavy atom. The first kappa shape index (κ1) is 56.2. The van der Waals surface area contributed by atoms with Gasteiger partial charge in [-0.2, -0.15) is 0 Å². The Kier molecular flexibility index (Phi) is 38.1. The maximum Gasteiger partial charge on any atom is 0.220 e. The van der Waals surface area contributed by atoms with Crippen LogP contribution in [0.15, 0.2) is 0 Å². The molecule has 0 saturated carbocycles. The molecule has 0 aromatic heterocycles. The molecule has 0 spiro atoms. The first-order valence-corrected chi connectivity index (χ1v) is 25.7. The summed E-state index contributed by atoms with van der Waals surface area (Å²) in [6.07, 6.45) is 36.2. The number of amides is 1. The van der Waals surface area contributed by atoms with Gasteiger partial charge in [0.2, 0.25) is 5.91 Å². The molecule has 9 nitrogen and oxygen atoms in total. The molecule has 1 amide bonds. The molecule has 0 aromatic carbocycles. The average Bonchev–Trinajstić information content (AvgIpc) is 3.23. The van der Waals surface area contributed by atoms with Gasteiger partial charge in [0, 0.05) is 6.42 Å². The maximum absolute atomic E-state index is 13.1. The summed E-state index contributed by atoms with van der Waals surface area (Å²) >= 11 is 0. The van der Waals surface area contributed by atoms with E-state index in [9.17, 15) is 35.4 Å². The summed E-state index contributed by atoms with van der Waals surface area (Å²) in [5, 5.41) is 66.4. The summed E-state index contributed by atoms with van der Waals surface area (Å²) in [7, 11) is 0. The van der Waals surface area contributed by atoms with E-state index in [1.54, 1.807) is 0 Å². The van der Waals surface area contributed by atoms with E-state index in [-0.39, 0.29) is 12.3 Å². The van der Waals surface area contributed by atoms with Crippen molar-refractivity contribution in [2.24, 2.45) is 0 Å². The fourth-order valence-electron chi connectivity index (χ4n) is 8.91. The van der Waals surface area contributed by atoms with Crippen molar-refractivity contribution in [3.05, 3.63) is 0 Å². The van der Waals surface area contributed by atoms with Crippen LogP contribution in [0.25, 0.3) is 0 Å². The summed E-state index contributed by atoms with van der Waals surface area (Å²) < 4.78 is 5.62. The zero-order valence-electron chi connectivity index (χ0n) is 38.7. The monoisotopic (exact) mass is 842 g/mol. The van der Waals surface area contributed by atoms with Crippen LogP contribution in [0.3, 0.4) is 0 Å². The Labute approximate surface area is 363 Å². The van der Waals surface area contributed by atoms with E-state index in [1.165, 1.54) is 180 Å². The van der Waals surface area contributed by atoms with E-state index in [4.69, 9.17) is 4.74 Å². The molecule has 0 radical (unpaired) electrons. The van der Waals surface area contributed by atoms with Crippen LogP contribution < -0.4 is 5.32 Å². The highest BCUT2D eigenvalue weighted by Crippen LogP contribution is 2.27. The molecule has 59 heavy (non-hydrogen) atoms. The zero-order chi connectivity index (χ0) is 43.2. The number of aliphatic hydroxyl groups excluding tert-OH is 6. The van der Waals surface area contributed by atoms with Crippen LogP contribution in [0, 0.1) is 0 Å². The number of carbonyl (C=O) groups is 1. The number of rotatable bonds is 43. The van der Waals surface area contributed by atoms with Crippen molar-refractivity contribution in [2.45, 2.75) is 307 Å². The summed E-state index contributed by atoms with van der Waals surface area (Å²) in [5.74, 6) is -0.286. The molecule has 1 heterocycles. The van der Waals surface area contributed by atoms with Gasteiger partial charge in [0.1, 0.15) is 36.6 Å². The van der Waals surface area contributed by atoms with Crippen LogP contribution >= 0.6 is 0 Å². The third-order valence-electron chi connectivity index (χ3n) is 13.0. The van der Waals surface area contributed by atoms with Crippen LogP contribution in [-0.4, -0.2) is 91.9 Å². The van der Waals surface area contributed by atoms with Gasteiger partial charge < -0.3 is 40.7 Å². The van der Waals surface area contributed by atoms with Crippen LogP contribution in [0.2, 0.25) is 0 Å². The lowest BCUT2D eigenvalue weighted by Crippen LogP contribution is -2.66. The lowest BCUT2D eigenvalue weighted by molar-refractivity contribution is -0.253. The lowest BCUT2D eigenvalue weighted by Gasteiger charge is -2.44. The molecular weight excluding hydrogens is 743 g/mol. The summed E-state index contributed by atoms with van der Waals surface area (Å²) in [4.78, 5) is 13.1. The minimum absolute atomic E-state index is 0.266. The lowest BCUT2D eigenvalue weighted by atomic mass is 9.87. The Balaban J connectivity index is 2.26. The highest BCUT2D eigenvalue weighted by molar-refractivity contribution is 5.76. The molecular formula is C50H99NO8. The third-order valence-corrected chi connectivity index (χ3v) is 13.0. The number of unbranched alkanes of at least 4 members (excludes halogenated alkanes) is 34. The van der Waals surface area contributed by atoms with E-state index in [0.717, 1.165) is 44.9 Å². The highest BCUT2D eigenvalue weighted by atomic mass is 16.6. The summed E-state index contributed by atoms with van der Waals surface area (Å²) in [6, 6.07) is -1.13. The molecule has 1 fully saturated rings. The predicted octanol–water partition coefficient (Wildman–Crippen LogP) is 10.9. The van der Waals surface area contributed by atoms with E-state index >= 15 is 0 Å². The normalized spacial score (nSPS) is 21.1. The van der Waals surface area contributed by atoms with Crippen molar-refractivity contribution in [1.29, 1.82) is 0 Å². The standard InChI is InChI=1S/C50H99NO8/c1-3-5-7-9-11-13-15-17-18-19-20-21-22-23-24-25-26-28-30-32-34-36-38-40-44(54)51-45(47(56)50-49(58)48(57)46(55)43(41-52)59-50)42(53)39-37-35-33-31-29-27-16-14-12-10-8-6-4-2/h42-43,45-50,52-53,55-58H,3-41H2,1-2H3,(H,51,54)/t42-,43-,45-,46+,47+,48+,49-,50+/m1/s1. The molecule has 0 unspecified atom stereocenters. The second-order valence-electron chi connectivity index (χ2n) is 18.5. The van der Waals surface area contributed by atoms with Gasteiger partial charge in [-0.1, -0.05) is 239 Å². The van der Waals surface area contributed by atoms with Crippen LogP contribution in [0.1, 0.15) is 258 Å². The van der Waals surface area contributed by atoms with Gasteiger partial charge in [-0.3, -0.25) is 4.79 Å². The zero-order valence-corrected chi connectivity index (χ0v) is 38.7. The van der Waals surface area contributed by atoms with Crippen LogP contribution in [-0.2, 0) is 9.53 Å². The first-order valence-electron chi connectivity index (χ1n) is 25.7. The van der Waals surface area contributed by atoms with Crippen LogP contribution in [0.4, 0.5) is 0 Å². The molecule has 1 aliphatic rings. The molecule has 0 bridgehead atoms. The second-order valence-corrected chi connectivity index (χ2v) is 18.5. The fourth-order valence-corrected chi connectivity index (χ4v) is 8.91. The van der Waals surface area contributed by atoms with Gasteiger partial charge in [-0.25, -0.2) is 0 Å². The topological polar surface area (TPSA) is 160 Å². The molecule has 0 aliphatic carbocycles. The number of hydrogen-bond donors (Lipinski definition) is 7. The van der Waals surface area contributed by atoms with Gasteiger partial charge in [-0.05, 0) is 12.8 Å². The minimum Gasteiger partial charge on any atom is -0.394 e. The molecule has 9 heteroatoms. The minimum atomic E-state index is -1.66. The van der Waals surface area contributed by atoms with Crippen molar-refractivity contribution >= 4 is 5.91 Å². The van der Waals surface area contributed by atoms with Crippen LogP contribution in [0.5, 0.6) is 0 Å². The number of hydrogen-bond acceptors (Lipinski definition) is 8. The van der Waals surface area contributed by atoms with E-state index in [2.05, 4.69) is 19.2 Å². The molecule has 8 atom stereocenters. The quantitative estimate of drug-likeness (QED) is 0.0299. The average molecular weight is 842 g/mol. The number of aliphatic hydroxyl groups is 6. The number of carbonyl (C=O) groups excluding carboxylic acids is 1. The SMILES string of the molecule is CCCCCCCCCCCCCCCCCCCCCCCCCC(=O)N[C@@H]([C@H](O)[C@@H]1O[C@H](CO)[C@H](O)[C@H](O)[C@H]1O)[C@H](O)CCCCCCCCCCCCCCC. The van der Waals surface area contributed by atoms with Gasteiger partial charge in [0.05, 0.1) is 18.8 Å². The number of nitrogens with one attached hydrogen (secondary N) is 1. The second kappa shape index (κ2) is 40.0. The van der Waals surface area contributed by atoms with Crippen molar-refractivity contribution < 1.29 is 40.2 Å². The summed E-state index contributed by atoms with van der Waals surface area (Å²) in [6.45, 7) is 3.91. The predicted molar refractivity (Wildman–Crippen MR) is 245 cm³/mol. The highest BCUT2D eigenvalue weighted by Gasteiger charge is 2.48. The number of ether oxygens (including phenoxy) is 1. The smallest absolute Gasteiger partial charge is 0.220 e. The van der Waals surface area contributed by atoms with Gasteiger partial charge in [0.15, 0.2) is 0 Å². The fraction of sp³-hybridized carbons (Fsp3) is 0.980. The summed E-state index contributed by atoms with van der Waals surface area (Å²) in [5.41, 5.74) is 0. The Hall–Kier alpha value is -0.810. The molecule has 1 rings (SSSR count). The Morgan fingerprint density at radius 1 is 0.475 bits per heavy atom. The molecule has 0 aromatic rings. The van der Waals surface area contributed by atoms with E-state index in [0.29, 0.717) is 12.8 Å². The molecule has 1 saturated heterocycles. The van der Waals surface area contributed by atoms with Gasteiger partial charge >= 0.3 is 0 Å². The van der Waals surface area contributed by atoms with Gasteiger partial charge in [-0.15, -0.1) is 0 Å². The first-order chi connectivity index (χ1) is 28.8. The maximum atomic E-state index is 13.1. The van der Waals surface area contributed by atoms with E-state index < -0.39 is 55.4 Å². The Morgan fingerprint density at radius 3 is 1.14 bits per heavy atom. The molecule has 7 N–H and O–H groups in total. The molecule has 352 valence electrons. The Bertz CT molecular complexity index is 908. The molecule has 1 aliphatic heterocycles.